The molecule has 1 fully saturated rings. The van der Waals surface area contributed by atoms with Crippen LogP contribution in [-0.2, 0) is 10.5 Å². The number of halogens is 1. The van der Waals surface area contributed by atoms with Crippen molar-refractivity contribution in [3.05, 3.63) is 57.3 Å². The van der Waals surface area contributed by atoms with Crippen LogP contribution in [0.1, 0.15) is 36.9 Å². The van der Waals surface area contributed by atoms with E-state index in [2.05, 4.69) is 26.1 Å². The number of aliphatic carboxylic acids is 1. The van der Waals surface area contributed by atoms with E-state index in [1.165, 1.54) is 23.1 Å². The molecule has 2 aromatic heterocycles. The Kier molecular flexibility index (Phi) is 8.65. The first-order chi connectivity index (χ1) is 17.5. The van der Waals surface area contributed by atoms with Crippen LogP contribution in [0, 0.1) is 17.9 Å². The Hall–Kier alpha value is -3.31. The number of benzene rings is 1. The van der Waals surface area contributed by atoms with Crippen molar-refractivity contribution in [1.29, 1.82) is 5.26 Å². The topological polar surface area (TPSA) is 106 Å². The number of aromatic nitrogens is 2. The molecule has 3 heterocycles. The van der Waals surface area contributed by atoms with E-state index < -0.39 is 5.97 Å². The molecule has 2 N–H and O–H groups in total. The van der Waals surface area contributed by atoms with Crippen LogP contribution in [0.2, 0.25) is 5.02 Å². The maximum absolute atomic E-state index is 11.0. The number of hydrogen-bond acceptors (Lipinski definition) is 8. The lowest BCUT2D eigenvalue weighted by molar-refractivity contribution is -0.136. The van der Waals surface area contributed by atoms with Crippen molar-refractivity contribution in [3.63, 3.8) is 0 Å². The predicted molar refractivity (Wildman–Crippen MR) is 144 cm³/mol. The molecule has 4 rings (SSSR count). The van der Waals surface area contributed by atoms with Gasteiger partial charge in [0.25, 0.3) is 5.69 Å². The third kappa shape index (κ3) is 6.08. The van der Waals surface area contributed by atoms with E-state index in [0.717, 1.165) is 48.6 Å². The molecule has 1 aliphatic rings. The minimum Gasteiger partial charge on any atom is -0.481 e. The van der Waals surface area contributed by atoms with E-state index in [4.69, 9.17) is 28.3 Å². The normalized spacial score (nSPS) is 13.1. The first-order valence-corrected chi connectivity index (χ1v) is 13.6. The highest BCUT2D eigenvalue weighted by molar-refractivity contribution is 7.98. The number of anilines is 2. The van der Waals surface area contributed by atoms with Gasteiger partial charge in [-0.25, -0.2) is 14.8 Å². The maximum Gasteiger partial charge on any atom is 0.305 e. The third-order valence-electron chi connectivity index (χ3n) is 5.64. The Morgan fingerprint density at radius 1 is 1.28 bits per heavy atom. The fourth-order valence-corrected chi connectivity index (χ4v) is 5.86. The molecule has 1 aromatic carbocycles. The van der Waals surface area contributed by atoms with Gasteiger partial charge in [0.15, 0.2) is 0 Å². The summed E-state index contributed by atoms with van der Waals surface area (Å²) in [6, 6.07) is 9.80. The van der Waals surface area contributed by atoms with Gasteiger partial charge in [0.05, 0.1) is 29.9 Å². The average Bonchev–Trinajstić information content (AvgIpc) is 3.36. The number of carboxylic acid groups (broad SMARTS) is 1. The molecule has 8 nitrogen and oxygen atoms in total. The Labute approximate surface area is 222 Å². The van der Waals surface area contributed by atoms with Gasteiger partial charge in [0.1, 0.15) is 21.9 Å². The van der Waals surface area contributed by atoms with Gasteiger partial charge >= 0.3 is 5.97 Å². The number of thioether (sulfide) groups is 1. The second-order valence-electron chi connectivity index (χ2n) is 8.12. The SMILES string of the molecule is [C-]#[N+]c1c(NCCC(=O)O)nc(SCc2csc(-c3ccc(Cl)cc3)n2)c(C#N)c1N1CCCCC1. The van der Waals surface area contributed by atoms with Crippen LogP contribution < -0.4 is 10.2 Å². The summed E-state index contributed by atoms with van der Waals surface area (Å²) in [4.78, 5) is 26.2. The highest BCUT2D eigenvalue weighted by atomic mass is 35.5. The van der Waals surface area contributed by atoms with E-state index in [9.17, 15) is 10.1 Å². The molecule has 1 aliphatic heterocycles. The van der Waals surface area contributed by atoms with Crippen LogP contribution in [0.15, 0.2) is 34.7 Å². The van der Waals surface area contributed by atoms with Crippen molar-refractivity contribution in [3.8, 4) is 16.6 Å². The third-order valence-corrected chi connectivity index (χ3v) is 7.84. The number of rotatable bonds is 9. The molecule has 0 spiro atoms. The van der Waals surface area contributed by atoms with E-state index in [1.807, 2.05) is 29.6 Å². The van der Waals surface area contributed by atoms with Gasteiger partial charge in [0, 0.05) is 41.4 Å². The van der Waals surface area contributed by atoms with Crippen molar-refractivity contribution in [1.82, 2.24) is 9.97 Å². The number of nitrogens with one attached hydrogen (secondary N) is 1. The lowest BCUT2D eigenvalue weighted by atomic mass is 10.1. The van der Waals surface area contributed by atoms with E-state index >= 15 is 0 Å². The Balaban J connectivity index is 1.64. The fraction of sp³-hybridized carbons (Fsp3) is 0.320. The molecule has 0 aliphatic carbocycles. The summed E-state index contributed by atoms with van der Waals surface area (Å²) in [7, 11) is 0. The van der Waals surface area contributed by atoms with Crippen LogP contribution in [0.25, 0.3) is 15.4 Å². The van der Waals surface area contributed by atoms with Crippen molar-refractivity contribution in [2.45, 2.75) is 36.5 Å². The zero-order valence-corrected chi connectivity index (χ0v) is 21.7. The zero-order valence-electron chi connectivity index (χ0n) is 19.3. The molecule has 1 saturated heterocycles. The number of nitriles is 1. The Bertz CT molecular complexity index is 1320. The number of hydrogen-bond donors (Lipinski definition) is 2. The Morgan fingerprint density at radius 2 is 2.03 bits per heavy atom. The van der Waals surface area contributed by atoms with Crippen LogP contribution in [0.4, 0.5) is 17.2 Å². The lowest BCUT2D eigenvalue weighted by Gasteiger charge is -2.31. The standard InChI is InChI=1S/C25H23ClN6O2S2/c1-28-21-22(32-11-3-2-4-12-32)19(13-27)25(31-23(21)29-10-9-20(33)34)36-15-18-14-35-24(30-18)16-5-7-17(26)8-6-16/h5-8,14H,2-4,9-12,15H2,(H,29,31)(H,33,34). The molecule has 36 heavy (non-hydrogen) atoms. The number of thiazole rings is 1. The highest BCUT2D eigenvalue weighted by Gasteiger charge is 2.26. The second kappa shape index (κ2) is 12.1. The van der Waals surface area contributed by atoms with Crippen LogP contribution in [0.3, 0.4) is 0 Å². The summed E-state index contributed by atoms with van der Waals surface area (Å²) in [5.41, 5.74) is 3.07. The number of nitrogens with zero attached hydrogens (tertiary/aromatic N) is 5. The molecule has 3 aromatic rings. The molecular weight excluding hydrogens is 516 g/mol. The van der Waals surface area contributed by atoms with Gasteiger partial charge < -0.3 is 15.3 Å². The summed E-state index contributed by atoms with van der Waals surface area (Å²) in [5.74, 6) is -0.128. The van der Waals surface area contributed by atoms with Gasteiger partial charge in [-0.2, -0.15) is 5.26 Å². The summed E-state index contributed by atoms with van der Waals surface area (Å²) in [5, 5.41) is 26.2. The quantitative estimate of drug-likeness (QED) is 0.236. The van der Waals surface area contributed by atoms with Gasteiger partial charge in [-0.3, -0.25) is 4.79 Å². The summed E-state index contributed by atoms with van der Waals surface area (Å²) in [6.45, 7) is 9.47. The molecule has 0 radical (unpaired) electrons. The minimum absolute atomic E-state index is 0.104. The van der Waals surface area contributed by atoms with Crippen LogP contribution >= 0.6 is 34.7 Å². The van der Waals surface area contributed by atoms with Crippen LogP contribution in [0.5, 0.6) is 0 Å². The van der Waals surface area contributed by atoms with Crippen LogP contribution in [-0.4, -0.2) is 40.7 Å². The van der Waals surface area contributed by atoms with Gasteiger partial charge in [-0.1, -0.05) is 35.5 Å². The smallest absolute Gasteiger partial charge is 0.305 e. The van der Waals surface area contributed by atoms with Gasteiger partial charge in [0.2, 0.25) is 0 Å². The largest absolute Gasteiger partial charge is 0.481 e. The minimum atomic E-state index is -0.939. The second-order valence-corrected chi connectivity index (χ2v) is 10.4. The average molecular weight is 539 g/mol. The fourth-order valence-electron chi connectivity index (χ4n) is 3.93. The highest BCUT2D eigenvalue weighted by Crippen LogP contribution is 2.43. The first-order valence-electron chi connectivity index (χ1n) is 11.4. The molecule has 11 heteroatoms. The lowest BCUT2D eigenvalue weighted by Crippen LogP contribution is -2.30. The molecule has 0 atom stereocenters. The molecular formula is C25H23ClN6O2S2. The van der Waals surface area contributed by atoms with E-state index in [1.54, 1.807) is 0 Å². The van der Waals surface area contributed by atoms with E-state index in [0.29, 0.717) is 32.9 Å². The first kappa shape index (κ1) is 25.8. The van der Waals surface area contributed by atoms with E-state index in [-0.39, 0.29) is 18.7 Å². The number of piperidine rings is 1. The number of carbonyl (C=O) groups is 1. The molecule has 0 unspecified atom stereocenters. The van der Waals surface area contributed by atoms with Crippen molar-refractivity contribution in [2.24, 2.45) is 0 Å². The predicted octanol–water partition coefficient (Wildman–Crippen LogP) is 6.45. The molecule has 0 amide bonds. The van der Waals surface area contributed by atoms with Crippen molar-refractivity contribution < 1.29 is 9.90 Å². The summed E-state index contributed by atoms with van der Waals surface area (Å²) in [6.07, 6.45) is 2.98. The number of pyridine rings is 1. The maximum atomic E-state index is 11.0. The van der Waals surface area contributed by atoms with Crippen molar-refractivity contribution >= 4 is 57.9 Å². The zero-order chi connectivity index (χ0) is 25.5. The van der Waals surface area contributed by atoms with Crippen molar-refractivity contribution in [2.75, 3.05) is 29.9 Å². The monoisotopic (exact) mass is 538 g/mol. The summed E-state index contributed by atoms with van der Waals surface area (Å²) >= 11 is 8.92. The number of carboxylic acids is 1. The van der Waals surface area contributed by atoms with Gasteiger partial charge in [-0.05, 0) is 31.4 Å². The van der Waals surface area contributed by atoms with Gasteiger partial charge in [-0.15, -0.1) is 11.3 Å². The molecule has 184 valence electrons. The Morgan fingerprint density at radius 3 is 2.69 bits per heavy atom. The molecule has 0 bridgehead atoms. The molecule has 0 saturated carbocycles. The summed E-state index contributed by atoms with van der Waals surface area (Å²) < 4.78 is 0.